The summed E-state index contributed by atoms with van der Waals surface area (Å²) < 4.78 is 0. The molecule has 1 spiro atoms. The molecule has 0 aromatic carbocycles. The van der Waals surface area contributed by atoms with Crippen molar-refractivity contribution < 1.29 is 0 Å². The molecule has 4 bridgehead atoms. The molecule has 22 heavy (non-hydrogen) atoms. The quantitative estimate of drug-likeness (QED) is 0.839. The van der Waals surface area contributed by atoms with Gasteiger partial charge in [0.2, 0.25) is 0 Å². The molecule has 1 atom stereocenters. The van der Waals surface area contributed by atoms with Crippen molar-refractivity contribution in [1.29, 1.82) is 0 Å². The molecule has 0 aromatic heterocycles. The Morgan fingerprint density at radius 2 is 1.64 bits per heavy atom. The summed E-state index contributed by atoms with van der Waals surface area (Å²) in [7, 11) is 0. The fraction of sp³-hybridized carbons (Fsp3) is 1.00. The molecule has 6 aliphatic rings. The normalized spacial score (nSPS) is 51.5. The first-order valence-corrected chi connectivity index (χ1v) is 10.2. The van der Waals surface area contributed by atoms with Crippen molar-refractivity contribution in [3.8, 4) is 0 Å². The molecular weight excluding hydrogens is 268 g/mol. The van der Waals surface area contributed by atoms with Crippen LogP contribution in [0.2, 0.25) is 0 Å². The Morgan fingerprint density at radius 3 is 2.32 bits per heavy atom. The zero-order chi connectivity index (χ0) is 14.6. The third-order valence-electron chi connectivity index (χ3n) is 8.19. The lowest BCUT2D eigenvalue weighted by atomic mass is 9.52. The second-order valence-corrected chi connectivity index (χ2v) is 9.71. The summed E-state index contributed by atoms with van der Waals surface area (Å²) in [5, 5.41) is 3.69. The molecule has 2 saturated heterocycles. The van der Waals surface area contributed by atoms with Gasteiger partial charge in [0.1, 0.15) is 0 Å². The van der Waals surface area contributed by atoms with Crippen molar-refractivity contribution >= 4 is 0 Å². The lowest BCUT2D eigenvalue weighted by Gasteiger charge is -2.56. The average molecular weight is 303 g/mol. The van der Waals surface area contributed by atoms with Crippen molar-refractivity contribution in [3.05, 3.63) is 0 Å². The Balaban J connectivity index is 1.26. The van der Waals surface area contributed by atoms with E-state index in [0.717, 1.165) is 29.6 Å². The van der Waals surface area contributed by atoms with E-state index >= 15 is 0 Å². The van der Waals surface area contributed by atoms with Crippen LogP contribution in [0.1, 0.15) is 57.8 Å². The molecule has 2 nitrogen and oxygen atoms in total. The second-order valence-electron chi connectivity index (χ2n) is 9.71. The van der Waals surface area contributed by atoms with Crippen LogP contribution in [0.3, 0.4) is 0 Å². The summed E-state index contributed by atoms with van der Waals surface area (Å²) in [5.74, 6) is 5.56. The minimum Gasteiger partial charge on any atom is -0.316 e. The predicted molar refractivity (Wildman–Crippen MR) is 90.7 cm³/mol. The highest BCUT2D eigenvalue weighted by Gasteiger charge is 2.49. The van der Waals surface area contributed by atoms with Gasteiger partial charge in [-0.25, -0.2) is 0 Å². The molecule has 0 radical (unpaired) electrons. The Labute approximate surface area is 136 Å². The van der Waals surface area contributed by atoms with Crippen LogP contribution in [0.4, 0.5) is 0 Å². The van der Waals surface area contributed by atoms with Crippen molar-refractivity contribution in [2.24, 2.45) is 35.0 Å². The summed E-state index contributed by atoms with van der Waals surface area (Å²) in [6, 6.07) is 0. The SMILES string of the molecule is C1CNCC2(C1)CCCN(CC1C3CC4CC(C3)CC1C4)C2. The number of hydrogen-bond acceptors (Lipinski definition) is 2. The molecule has 0 amide bonds. The molecule has 2 heterocycles. The molecular formula is C20H34N2. The maximum Gasteiger partial charge on any atom is 0.00503 e. The van der Waals surface area contributed by atoms with Crippen LogP contribution in [0.15, 0.2) is 0 Å². The first kappa shape index (κ1) is 14.3. The molecule has 6 fully saturated rings. The zero-order valence-electron chi connectivity index (χ0n) is 14.2. The highest BCUT2D eigenvalue weighted by molar-refractivity contribution is 5.00. The van der Waals surface area contributed by atoms with E-state index in [9.17, 15) is 0 Å². The topological polar surface area (TPSA) is 15.3 Å². The van der Waals surface area contributed by atoms with E-state index in [2.05, 4.69) is 10.2 Å². The number of hydrogen-bond donors (Lipinski definition) is 1. The van der Waals surface area contributed by atoms with E-state index in [1.807, 2.05) is 0 Å². The number of piperidine rings is 2. The van der Waals surface area contributed by atoms with Gasteiger partial charge in [0, 0.05) is 19.6 Å². The van der Waals surface area contributed by atoms with Gasteiger partial charge in [0.15, 0.2) is 0 Å². The molecule has 2 heteroatoms. The van der Waals surface area contributed by atoms with Crippen LogP contribution in [0.5, 0.6) is 0 Å². The maximum absolute atomic E-state index is 3.69. The monoisotopic (exact) mass is 302 g/mol. The summed E-state index contributed by atoms with van der Waals surface area (Å²) in [6.07, 6.45) is 13.8. The van der Waals surface area contributed by atoms with Crippen LogP contribution in [-0.4, -0.2) is 37.6 Å². The van der Waals surface area contributed by atoms with Crippen LogP contribution in [0.25, 0.3) is 0 Å². The molecule has 1 unspecified atom stereocenters. The molecule has 6 rings (SSSR count). The van der Waals surface area contributed by atoms with Gasteiger partial charge >= 0.3 is 0 Å². The number of nitrogens with one attached hydrogen (secondary N) is 1. The fourth-order valence-electron chi connectivity index (χ4n) is 7.48. The Hall–Kier alpha value is -0.0800. The van der Waals surface area contributed by atoms with E-state index in [1.54, 1.807) is 32.1 Å². The lowest BCUT2D eigenvalue weighted by molar-refractivity contribution is -0.0589. The van der Waals surface area contributed by atoms with E-state index in [0.29, 0.717) is 5.41 Å². The average Bonchev–Trinajstić information content (AvgIpc) is 2.51. The summed E-state index contributed by atoms with van der Waals surface area (Å²) >= 11 is 0. The van der Waals surface area contributed by atoms with Gasteiger partial charge in [-0.05, 0) is 106 Å². The largest absolute Gasteiger partial charge is 0.316 e. The van der Waals surface area contributed by atoms with Crippen LogP contribution < -0.4 is 5.32 Å². The van der Waals surface area contributed by atoms with Gasteiger partial charge < -0.3 is 10.2 Å². The molecule has 1 N–H and O–H groups in total. The molecule has 2 aliphatic heterocycles. The summed E-state index contributed by atoms with van der Waals surface area (Å²) in [5.41, 5.74) is 0.641. The minimum absolute atomic E-state index is 0.641. The fourth-order valence-corrected chi connectivity index (χ4v) is 7.48. The Bertz CT molecular complexity index is 378. The summed E-state index contributed by atoms with van der Waals surface area (Å²) in [6.45, 7) is 6.81. The van der Waals surface area contributed by atoms with Crippen LogP contribution >= 0.6 is 0 Å². The number of rotatable bonds is 2. The molecule has 124 valence electrons. The van der Waals surface area contributed by atoms with Crippen LogP contribution in [-0.2, 0) is 0 Å². The van der Waals surface area contributed by atoms with Crippen LogP contribution in [0, 0.1) is 35.0 Å². The number of nitrogens with zero attached hydrogens (tertiary/aromatic N) is 1. The molecule has 0 aromatic rings. The van der Waals surface area contributed by atoms with Crippen molar-refractivity contribution in [2.45, 2.75) is 57.8 Å². The van der Waals surface area contributed by atoms with Gasteiger partial charge in [-0.15, -0.1) is 0 Å². The van der Waals surface area contributed by atoms with E-state index in [4.69, 9.17) is 0 Å². The third kappa shape index (κ3) is 2.45. The predicted octanol–water partition coefficient (Wildman–Crippen LogP) is 3.52. The van der Waals surface area contributed by atoms with E-state index < -0.39 is 0 Å². The Morgan fingerprint density at radius 1 is 0.909 bits per heavy atom. The highest BCUT2D eigenvalue weighted by Crippen LogP contribution is 2.56. The first-order valence-electron chi connectivity index (χ1n) is 10.2. The summed E-state index contributed by atoms with van der Waals surface area (Å²) in [4.78, 5) is 2.91. The van der Waals surface area contributed by atoms with Gasteiger partial charge in [0.25, 0.3) is 0 Å². The smallest absolute Gasteiger partial charge is 0.00503 e. The standard InChI is InChI=1S/C20H34N2/c1-3-20(13-21-5-1)4-2-6-22(14-20)12-19-17-8-15-7-16(10-17)11-18(19)9-15/h15-19,21H,1-14H2. The second kappa shape index (κ2) is 5.48. The number of likely N-dealkylation sites (tertiary alicyclic amines) is 1. The van der Waals surface area contributed by atoms with E-state index in [1.165, 1.54) is 58.4 Å². The zero-order valence-corrected chi connectivity index (χ0v) is 14.2. The van der Waals surface area contributed by atoms with Gasteiger partial charge in [0.05, 0.1) is 0 Å². The third-order valence-corrected chi connectivity index (χ3v) is 8.19. The van der Waals surface area contributed by atoms with Crippen molar-refractivity contribution in [2.75, 3.05) is 32.7 Å². The highest BCUT2D eigenvalue weighted by atomic mass is 15.2. The lowest BCUT2D eigenvalue weighted by Crippen LogP contribution is -2.54. The molecule has 4 aliphatic carbocycles. The Kier molecular flexibility index (Phi) is 3.56. The maximum atomic E-state index is 3.69. The van der Waals surface area contributed by atoms with Crippen molar-refractivity contribution in [3.63, 3.8) is 0 Å². The van der Waals surface area contributed by atoms with Gasteiger partial charge in [-0.2, -0.15) is 0 Å². The first-order chi connectivity index (χ1) is 10.8. The minimum atomic E-state index is 0.641. The van der Waals surface area contributed by atoms with E-state index in [-0.39, 0.29) is 0 Å². The van der Waals surface area contributed by atoms with Crippen molar-refractivity contribution in [1.82, 2.24) is 10.2 Å². The van der Waals surface area contributed by atoms with Gasteiger partial charge in [-0.3, -0.25) is 0 Å². The molecule has 4 saturated carbocycles. The van der Waals surface area contributed by atoms with Gasteiger partial charge in [-0.1, -0.05) is 0 Å².